The molecule has 0 aliphatic carbocycles. The van der Waals surface area contributed by atoms with Crippen LogP contribution in [0.2, 0.25) is 0 Å². The van der Waals surface area contributed by atoms with Crippen molar-refractivity contribution in [1.29, 1.82) is 0 Å². The van der Waals surface area contributed by atoms with Crippen LogP contribution in [0.5, 0.6) is 0 Å². The van der Waals surface area contributed by atoms with Gasteiger partial charge >= 0.3 is 5.97 Å². The second-order valence-corrected chi connectivity index (χ2v) is 4.55. The second kappa shape index (κ2) is 5.02. The summed E-state index contributed by atoms with van der Waals surface area (Å²) in [6, 6.07) is 11.0. The molecule has 0 aromatic heterocycles. The molecule has 0 amide bonds. The van der Waals surface area contributed by atoms with Crippen molar-refractivity contribution in [2.75, 3.05) is 11.1 Å². The molecule has 98 valence electrons. The first kappa shape index (κ1) is 13.0. The Morgan fingerprint density at radius 2 is 1.89 bits per heavy atom. The predicted molar refractivity (Wildman–Crippen MR) is 77.0 cm³/mol. The first-order valence-corrected chi connectivity index (χ1v) is 5.94. The van der Waals surface area contributed by atoms with Crippen LogP contribution in [0.4, 0.5) is 17.1 Å². The van der Waals surface area contributed by atoms with Crippen LogP contribution in [0.3, 0.4) is 0 Å². The Morgan fingerprint density at radius 3 is 2.58 bits per heavy atom. The molecule has 19 heavy (non-hydrogen) atoms. The molecule has 0 atom stereocenters. The van der Waals surface area contributed by atoms with Gasteiger partial charge in [0.15, 0.2) is 0 Å². The van der Waals surface area contributed by atoms with Crippen LogP contribution in [-0.2, 0) is 0 Å². The standard InChI is InChI=1S/C15H16N2O2/c1-9-3-4-10(2)14(7-9)17-11-5-6-13(16)12(8-11)15(18)19/h3-8,17H,16H2,1-2H3,(H,18,19). The van der Waals surface area contributed by atoms with Crippen molar-refractivity contribution in [3.8, 4) is 0 Å². The number of nitrogen functional groups attached to an aromatic ring is 1. The lowest BCUT2D eigenvalue weighted by molar-refractivity contribution is 0.0698. The zero-order chi connectivity index (χ0) is 14.0. The Labute approximate surface area is 111 Å². The minimum atomic E-state index is -1.03. The van der Waals surface area contributed by atoms with Gasteiger partial charge < -0.3 is 16.2 Å². The number of anilines is 3. The summed E-state index contributed by atoms with van der Waals surface area (Å²) in [4.78, 5) is 11.0. The van der Waals surface area contributed by atoms with Crippen LogP contribution in [-0.4, -0.2) is 11.1 Å². The predicted octanol–water partition coefficient (Wildman–Crippen LogP) is 3.33. The van der Waals surface area contributed by atoms with Gasteiger partial charge in [-0.3, -0.25) is 0 Å². The molecular weight excluding hydrogens is 240 g/mol. The summed E-state index contributed by atoms with van der Waals surface area (Å²) in [5, 5.41) is 12.3. The first-order valence-electron chi connectivity index (χ1n) is 5.94. The van der Waals surface area contributed by atoms with Crippen molar-refractivity contribution < 1.29 is 9.90 Å². The maximum absolute atomic E-state index is 11.0. The Hall–Kier alpha value is -2.49. The smallest absolute Gasteiger partial charge is 0.337 e. The number of rotatable bonds is 3. The average molecular weight is 256 g/mol. The van der Waals surface area contributed by atoms with Crippen molar-refractivity contribution in [2.45, 2.75) is 13.8 Å². The lowest BCUT2D eigenvalue weighted by Gasteiger charge is -2.12. The van der Waals surface area contributed by atoms with Crippen LogP contribution < -0.4 is 11.1 Å². The van der Waals surface area contributed by atoms with Gasteiger partial charge in [0.25, 0.3) is 0 Å². The number of aromatic carboxylic acids is 1. The van der Waals surface area contributed by atoms with Gasteiger partial charge in [-0.15, -0.1) is 0 Å². The van der Waals surface area contributed by atoms with Gasteiger partial charge in [-0.1, -0.05) is 12.1 Å². The zero-order valence-electron chi connectivity index (χ0n) is 10.9. The van der Waals surface area contributed by atoms with Crippen molar-refractivity contribution >= 4 is 23.0 Å². The molecule has 0 aliphatic rings. The third-order valence-corrected chi connectivity index (χ3v) is 2.96. The van der Waals surface area contributed by atoms with Gasteiger partial charge in [0, 0.05) is 17.1 Å². The summed E-state index contributed by atoms with van der Waals surface area (Å²) in [5.74, 6) is -1.03. The second-order valence-electron chi connectivity index (χ2n) is 4.55. The molecule has 0 radical (unpaired) electrons. The van der Waals surface area contributed by atoms with Crippen LogP contribution in [0.15, 0.2) is 36.4 Å². The van der Waals surface area contributed by atoms with Gasteiger partial charge in [0.1, 0.15) is 0 Å². The molecule has 0 saturated heterocycles. The minimum Gasteiger partial charge on any atom is -0.478 e. The number of nitrogens with two attached hydrogens (primary N) is 1. The molecule has 0 spiro atoms. The van der Waals surface area contributed by atoms with E-state index in [4.69, 9.17) is 10.8 Å². The van der Waals surface area contributed by atoms with Crippen molar-refractivity contribution in [3.63, 3.8) is 0 Å². The fourth-order valence-corrected chi connectivity index (χ4v) is 1.85. The van der Waals surface area contributed by atoms with Gasteiger partial charge in [-0.05, 0) is 49.2 Å². The molecule has 2 aromatic carbocycles. The highest BCUT2D eigenvalue weighted by molar-refractivity contribution is 5.95. The van der Waals surface area contributed by atoms with E-state index in [0.717, 1.165) is 16.8 Å². The van der Waals surface area contributed by atoms with Gasteiger partial charge in [0.2, 0.25) is 0 Å². The monoisotopic (exact) mass is 256 g/mol. The van der Waals surface area contributed by atoms with Crippen LogP contribution >= 0.6 is 0 Å². The van der Waals surface area contributed by atoms with E-state index in [1.807, 2.05) is 32.0 Å². The third-order valence-electron chi connectivity index (χ3n) is 2.96. The Balaban J connectivity index is 2.36. The SMILES string of the molecule is Cc1ccc(C)c(Nc2ccc(N)c(C(=O)O)c2)c1. The largest absolute Gasteiger partial charge is 0.478 e. The molecular formula is C15H16N2O2. The summed E-state index contributed by atoms with van der Waals surface area (Å²) in [5.41, 5.74) is 9.90. The molecule has 0 aliphatic heterocycles. The highest BCUT2D eigenvalue weighted by atomic mass is 16.4. The summed E-state index contributed by atoms with van der Waals surface area (Å²) >= 11 is 0. The number of hydrogen-bond donors (Lipinski definition) is 3. The zero-order valence-corrected chi connectivity index (χ0v) is 10.9. The topological polar surface area (TPSA) is 75.3 Å². The molecule has 2 rings (SSSR count). The lowest BCUT2D eigenvalue weighted by Crippen LogP contribution is -2.03. The van der Waals surface area contributed by atoms with Crippen molar-refractivity contribution in [2.24, 2.45) is 0 Å². The van der Waals surface area contributed by atoms with Crippen LogP contribution in [0, 0.1) is 13.8 Å². The number of hydrogen-bond acceptors (Lipinski definition) is 3. The van der Waals surface area contributed by atoms with Crippen molar-refractivity contribution in [3.05, 3.63) is 53.1 Å². The number of nitrogens with one attached hydrogen (secondary N) is 1. The van der Waals surface area contributed by atoms with Gasteiger partial charge in [-0.2, -0.15) is 0 Å². The Bertz CT molecular complexity index is 636. The number of benzene rings is 2. The maximum atomic E-state index is 11.0. The molecule has 0 unspecified atom stereocenters. The minimum absolute atomic E-state index is 0.107. The fourth-order valence-electron chi connectivity index (χ4n) is 1.85. The van der Waals surface area contributed by atoms with E-state index in [1.54, 1.807) is 18.2 Å². The van der Waals surface area contributed by atoms with Gasteiger partial charge in [0.05, 0.1) is 5.56 Å². The van der Waals surface area contributed by atoms with Gasteiger partial charge in [-0.25, -0.2) is 4.79 Å². The molecule has 4 heteroatoms. The number of carboxylic acid groups (broad SMARTS) is 1. The summed E-state index contributed by atoms with van der Waals surface area (Å²) < 4.78 is 0. The van der Waals surface area contributed by atoms with E-state index in [1.165, 1.54) is 0 Å². The van der Waals surface area contributed by atoms with E-state index in [-0.39, 0.29) is 11.3 Å². The maximum Gasteiger partial charge on any atom is 0.337 e. The molecule has 4 nitrogen and oxygen atoms in total. The van der Waals surface area contributed by atoms with Crippen molar-refractivity contribution in [1.82, 2.24) is 0 Å². The first-order chi connectivity index (χ1) is 8.97. The van der Waals surface area contributed by atoms with E-state index >= 15 is 0 Å². The van der Waals surface area contributed by atoms with E-state index in [2.05, 4.69) is 5.32 Å². The summed E-state index contributed by atoms with van der Waals surface area (Å²) in [6.45, 7) is 4.01. The summed E-state index contributed by atoms with van der Waals surface area (Å²) in [6.07, 6.45) is 0. The number of carboxylic acids is 1. The van der Waals surface area contributed by atoms with E-state index < -0.39 is 5.97 Å². The third kappa shape index (κ3) is 2.85. The quantitative estimate of drug-likeness (QED) is 0.736. The summed E-state index contributed by atoms with van der Waals surface area (Å²) in [7, 11) is 0. The van der Waals surface area contributed by atoms with Crippen LogP contribution in [0.1, 0.15) is 21.5 Å². The average Bonchev–Trinajstić information content (AvgIpc) is 2.36. The highest BCUT2D eigenvalue weighted by Gasteiger charge is 2.09. The Kier molecular flexibility index (Phi) is 3.42. The molecule has 4 N–H and O–H groups in total. The number of aryl methyl sites for hydroxylation is 2. The molecule has 0 saturated carbocycles. The van der Waals surface area contributed by atoms with E-state index in [9.17, 15) is 4.79 Å². The molecule has 0 heterocycles. The molecule has 2 aromatic rings. The molecule has 0 bridgehead atoms. The van der Waals surface area contributed by atoms with Crippen LogP contribution in [0.25, 0.3) is 0 Å². The lowest BCUT2D eigenvalue weighted by atomic mass is 10.1. The fraction of sp³-hybridized carbons (Fsp3) is 0.133. The normalized spacial score (nSPS) is 10.2. The number of carbonyl (C=O) groups is 1. The Morgan fingerprint density at radius 1 is 1.16 bits per heavy atom. The highest BCUT2D eigenvalue weighted by Crippen LogP contribution is 2.24. The van der Waals surface area contributed by atoms with E-state index in [0.29, 0.717) is 5.69 Å². The molecule has 0 fully saturated rings.